The normalized spacial score (nSPS) is 11.5. The molecule has 33 heavy (non-hydrogen) atoms. The SMILES string of the molecule is CCCOc1ccc(-c2c(C(=O)N/N=C(/C)c3ccc(Cl)s3)nnn2-c2nonc2N)cc1. The van der Waals surface area contributed by atoms with E-state index in [1.807, 2.05) is 13.0 Å². The van der Waals surface area contributed by atoms with Gasteiger partial charge in [-0.1, -0.05) is 23.7 Å². The van der Waals surface area contributed by atoms with Gasteiger partial charge in [0.2, 0.25) is 11.6 Å². The topological polar surface area (TPSA) is 146 Å². The lowest BCUT2D eigenvalue weighted by atomic mass is 10.1. The highest BCUT2D eigenvalue weighted by molar-refractivity contribution is 7.18. The Morgan fingerprint density at radius 2 is 2.06 bits per heavy atom. The molecule has 11 nitrogen and oxygen atoms in total. The molecule has 0 bridgehead atoms. The fourth-order valence-electron chi connectivity index (χ4n) is 2.86. The van der Waals surface area contributed by atoms with Crippen molar-refractivity contribution in [3.63, 3.8) is 0 Å². The maximum atomic E-state index is 13.0. The first-order valence-corrected chi connectivity index (χ1v) is 11.0. The van der Waals surface area contributed by atoms with Crippen LogP contribution in [0.25, 0.3) is 17.1 Å². The minimum absolute atomic E-state index is 0.000512. The van der Waals surface area contributed by atoms with E-state index in [4.69, 9.17) is 22.1 Å². The number of rotatable bonds is 8. The molecule has 0 aliphatic carbocycles. The molecule has 0 fully saturated rings. The van der Waals surface area contributed by atoms with Crippen LogP contribution in [0.2, 0.25) is 4.34 Å². The second-order valence-electron chi connectivity index (χ2n) is 6.79. The van der Waals surface area contributed by atoms with Crippen molar-refractivity contribution in [2.24, 2.45) is 5.10 Å². The maximum Gasteiger partial charge on any atom is 0.294 e. The van der Waals surface area contributed by atoms with Gasteiger partial charge in [0.1, 0.15) is 11.4 Å². The first kappa shape index (κ1) is 22.4. The van der Waals surface area contributed by atoms with Crippen LogP contribution < -0.4 is 15.9 Å². The van der Waals surface area contributed by atoms with E-state index in [1.165, 1.54) is 16.0 Å². The zero-order valence-electron chi connectivity index (χ0n) is 17.6. The van der Waals surface area contributed by atoms with Crippen LogP contribution in [-0.4, -0.2) is 43.5 Å². The predicted octanol–water partition coefficient (Wildman–Crippen LogP) is 3.56. The first-order valence-electron chi connectivity index (χ1n) is 9.85. The van der Waals surface area contributed by atoms with Gasteiger partial charge >= 0.3 is 0 Å². The summed E-state index contributed by atoms with van der Waals surface area (Å²) < 4.78 is 12.2. The molecule has 3 N–H and O–H groups in total. The second kappa shape index (κ2) is 9.79. The van der Waals surface area contributed by atoms with Crippen molar-refractivity contribution in [2.75, 3.05) is 12.3 Å². The number of nitrogens with one attached hydrogen (secondary N) is 1. The molecule has 1 aromatic carbocycles. The first-order chi connectivity index (χ1) is 16.0. The van der Waals surface area contributed by atoms with Crippen molar-refractivity contribution in [1.29, 1.82) is 0 Å². The summed E-state index contributed by atoms with van der Waals surface area (Å²) >= 11 is 7.33. The number of nitrogens with zero attached hydrogens (tertiary/aromatic N) is 6. The van der Waals surface area contributed by atoms with E-state index in [0.29, 0.717) is 33.7 Å². The largest absolute Gasteiger partial charge is 0.494 e. The zero-order chi connectivity index (χ0) is 23.4. The number of hydrogen-bond acceptors (Lipinski definition) is 10. The Bertz CT molecular complexity index is 1290. The van der Waals surface area contributed by atoms with Gasteiger partial charge in [0, 0.05) is 5.56 Å². The number of carbonyl (C=O) groups is 1. The van der Waals surface area contributed by atoms with Crippen LogP contribution in [0, 0.1) is 0 Å². The monoisotopic (exact) mass is 486 g/mol. The highest BCUT2D eigenvalue weighted by Gasteiger charge is 2.25. The van der Waals surface area contributed by atoms with E-state index in [1.54, 1.807) is 37.3 Å². The van der Waals surface area contributed by atoms with Crippen LogP contribution in [0.15, 0.2) is 46.1 Å². The molecule has 170 valence electrons. The number of amides is 1. The van der Waals surface area contributed by atoms with E-state index < -0.39 is 5.91 Å². The highest BCUT2D eigenvalue weighted by atomic mass is 35.5. The summed E-state index contributed by atoms with van der Waals surface area (Å²) in [6.07, 6.45) is 0.888. The molecule has 4 rings (SSSR count). The smallest absolute Gasteiger partial charge is 0.294 e. The summed E-state index contributed by atoms with van der Waals surface area (Å²) in [5.74, 6) is 0.234. The number of thiophene rings is 1. The molecule has 1 amide bonds. The van der Waals surface area contributed by atoms with E-state index in [2.05, 4.69) is 35.8 Å². The molecule has 0 saturated carbocycles. The van der Waals surface area contributed by atoms with Gasteiger partial charge in [-0.25, -0.2) is 10.1 Å². The molecule has 0 atom stereocenters. The average molecular weight is 487 g/mol. The Hall–Kier alpha value is -3.77. The zero-order valence-corrected chi connectivity index (χ0v) is 19.2. The van der Waals surface area contributed by atoms with E-state index >= 15 is 0 Å². The van der Waals surface area contributed by atoms with Crippen LogP contribution >= 0.6 is 22.9 Å². The summed E-state index contributed by atoms with van der Waals surface area (Å²) in [5.41, 5.74) is 9.92. The number of anilines is 1. The summed E-state index contributed by atoms with van der Waals surface area (Å²) in [5, 5.41) is 19.6. The molecule has 4 aromatic rings. The van der Waals surface area contributed by atoms with Gasteiger partial charge in [0.25, 0.3) is 5.91 Å². The molecule has 0 aliphatic rings. The Morgan fingerprint density at radius 1 is 1.27 bits per heavy atom. The van der Waals surface area contributed by atoms with Crippen molar-refractivity contribution in [3.05, 3.63) is 51.3 Å². The van der Waals surface area contributed by atoms with Gasteiger partial charge in [-0.3, -0.25) is 4.79 Å². The molecule has 0 saturated heterocycles. The fourth-order valence-corrected chi connectivity index (χ4v) is 3.85. The number of nitrogens with two attached hydrogens (primary N) is 1. The number of benzene rings is 1. The third-order valence-electron chi connectivity index (χ3n) is 4.44. The Balaban J connectivity index is 1.69. The number of hydrazone groups is 1. The average Bonchev–Trinajstić information content (AvgIpc) is 3.55. The predicted molar refractivity (Wildman–Crippen MR) is 124 cm³/mol. The molecule has 13 heteroatoms. The number of ether oxygens (including phenoxy) is 1. The van der Waals surface area contributed by atoms with Gasteiger partial charge in [0.05, 0.1) is 21.5 Å². The minimum atomic E-state index is -0.570. The Labute approximate surface area is 197 Å². The minimum Gasteiger partial charge on any atom is -0.494 e. The fraction of sp³-hybridized carbons (Fsp3) is 0.200. The molecule has 3 heterocycles. The number of aromatic nitrogens is 5. The molecule has 0 radical (unpaired) electrons. The summed E-state index contributed by atoms with van der Waals surface area (Å²) in [6.45, 7) is 4.38. The number of hydrogen-bond donors (Lipinski definition) is 2. The molecule has 0 unspecified atom stereocenters. The van der Waals surface area contributed by atoms with Gasteiger partial charge in [0.15, 0.2) is 5.69 Å². The standard InChI is InChI=1S/C20H19ClN8O3S/c1-3-10-31-13-6-4-12(5-7-13)17-16(24-28-29(17)19-18(22)26-32-27-19)20(30)25-23-11(2)14-8-9-15(21)33-14/h4-9H,3,10H2,1-2H3,(H2,22,26)(H,25,30)/b23-11-. The van der Waals surface area contributed by atoms with E-state index in [0.717, 1.165) is 11.3 Å². The third kappa shape index (κ3) is 4.86. The lowest BCUT2D eigenvalue weighted by molar-refractivity contribution is 0.0950. The summed E-state index contributed by atoms with van der Waals surface area (Å²) in [4.78, 5) is 13.8. The van der Waals surface area contributed by atoms with E-state index in [9.17, 15) is 4.79 Å². The highest BCUT2D eigenvalue weighted by Crippen LogP contribution is 2.28. The molecular weight excluding hydrogens is 468 g/mol. The van der Waals surface area contributed by atoms with Crippen molar-refractivity contribution in [3.8, 4) is 22.8 Å². The number of carbonyl (C=O) groups excluding carboxylic acids is 1. The van der Waals surface area contributed by atoms with Crippen molar-refractivity contribution >= 4 is 40.4 Å². The lowest BCUT2D eigenvalue weighted by Gasteiger charge is -2.08. The molecule has 0 aliphatic heterocycles. The van der Waals surface area contributed by atoms with Gasteiger partial charge in [-0.2, -0.15) is 9.78 Å². The van der Waals surface area contributed by atoms with Gasteiger partial charge in [-0.05, 0) is 60.1 Å². The van der Waals surface area contributed by atoms with Crippen molar-refractivity contribution < 1.29 is 14.2 Å². The van der Waals surface area contributed by atoms with Crippen LogP contribution in [0.1, 0.15) is 35.6 Å². The maximum absolute atomic E-state index is 13.0. The number of nitrogen functional groups attached to an aromatic ring is 1. The van der Waals surface area contributed by atoms with Gasteiger partial charge < -0.3 is 10.5 Å². The quantitative estimate of drug-likeness (QED) is 0.284. The molecular formula is C20H19ClN8O3S. The molecule has 3 aromatic heterocycles. The Kier molecular flexibility index (Phi) is 6.66. The van der Waals surface area contributed by atoms with Crippen LogP contribution in [0.5, 0.6) is 5.75 Å². The van der Waals surface area contributed by atoms with Gasteiger partial charge in [-0.15, -0.1) is 16.4 Å². The lowest BCUT2D eigenvalue weighted by Crippen LogP contribution is -2.20. The summed E-state index contributed by atoms with van der Waals surface area (Å²) in [6, 6.07) is 10.7. The van der Waals surface area contributed by atoms with Crippen molar-refractivity contribution in [2.45, 2.75) is 20.3 Å². The molecule has 0 spiro atoms. The van der Waals surface area contributed by atoms with Crippen LogP contribution in [0.4, 0.5) is 5.82 Å². The Morgan fingerprint density at radius 3 is 2.70 bits per heavy atom. The summed E-state index contributed by atoms with van der Waals surface area (Å²) in [7, 11) is 0. The van der Waals surface area contributed by atoms with Crippen LogP contribution in [-0.2, 0) is 0 Å². The van der Waals surface area contributed by atoms with Crippen molar-refractivity contribution in [1.82, 2.24) is 30.7 Å². The van der Waals surface area contributed by atoms with E-state index in [-0.39, 0.29) is 17.3 Å². The second-order valence-corrected chi connectivity index (χ2v) is 8.50. The number of halogens is 1. The third-order valence-corrected chi connectivity index (χ3v) is 5.78. The van der Waals surface area contributed by atoms with Crippen LogP contribution in [0.3, 0.4) is 0 Å².